The van der Waals surface area contributed by atoms with E-state index < -0.39 is 17.8 Å². The first-order valence-electron chi connectivity index (χ1n) is 14.4. The first kappa shape index (κ1) is 32.2. The van der Waals surface area contributed by atoms with Crippen LogP contribution in [0.15, 0.2) is 30.6 Å². The van der Waals surface area contributed by atoms with Crippen LogP contribution in [-0.2, 0) is 18.0 Å². The van der Waals surface area contributed by atoms with E-state index >= 15 is 0 Å². The molecule has 3 aromatic rings. The van der Waals surface area contributed by atoms with Crippen molar-refractivity contribution < 1.29 is 27.6 Å². The molecular weight excluding hydrogens is 615 g/mol. The number of halogens is 4. The Labute approximate surface area is 262 Å². The minimum Gasteiger partial charge on any atom is -0.347 e. The molecule has 45 heavy (non-hydrogen) atoms. The lowest BCUT2D eigenvalue weighted by Gasteiger charge is -2.35. The van der Waals surface area contributed by atoms with Gasteiger partial charge in [-0.3, -0.25) is 14.4 Å². The van der Waals surface area contributed by atoms with E-state index in [1.54, 1.807) is 9.80 Å². The van der Waals surface area contributed by atoms with Crippen LogP contribution in [-0.4, -0.2) is 100 Å². The zero-order chi connectivity index (χ0) is 32.5. The fourth-order valence-electron chi connectivity index (χ4n) is 5.41. The van der Waals surface area contributed by atoms with Gasteiger partial charge in [0.15, 0.2) is 11.5 Å². The lowest BCUT2D eigenvalue weighted by atomic mass is 10.0. The zero-order valence-corrected chi connectivity index (χ0v) is 25.7. The number of aromatic nitrogens is 4. The van der Waals surface area contributed by atoms with Gasteiger partial charge in [-0.1, -0.05) is 11.6 Å². The van der Waals surface area contributed by atoms with Gasteiger partial charge in [0.05, 0.1) is 22.5 Å². The number of rotatable bonds is 7. The fraction of sp³-hybridized carbons (Fsp3) is 0.448. The van der Waals surface area contributed by atoms with Gasteiger partial charge < -0.3 is 29.9 Å². The van der Waals surface area contributed by atoms with Gasteiger partial charge in [0.25, 0.3) is 11.8 Å². The van der Waals surface area contributed by atoms with Crippen molar-refractivity contribution in [3.8, 4) is 11.3 Å². The largest absolute Gasteiger partial charge is 0.434 e. The molecule has 5 rings (SSSR count). The third-order valence-electron chi connectivity index (χ3n) is 7.91. The van der Waals surface area contributed by atoms with E-state index in [-0.39, 0.29) is 51.1 Å². The molecule has 4 heterocycles. The second-order valence-corrected chi connectivity index (χ2v) is 11.6. The molecular formula is C29H33ClF3N9O3. The monoisotopic (exact) mass is 647 g/mol. The van der Waals surface area contributed by atoms with Crippen molar-refractivity contribution in [2.75, 3.05) is 63.6 Å². The molecule has 2 aliphatic heterocycles. The van der Waals surface area contributed by atoms with Gasteiger partial charge in [-0.25, -0.2) is 15.0 Å². The molecule has 240 valence electrons. The Bertz CT molecular complexity index is 1600. The first-order chi connectivity index (χ1) is 21.3. The van der Waals surface area contributed by atoms with Gasteiger partial charge in [-0.05, 0) is 43.6 Å². The normalized spacial score (nSPS) is 17.0. The minimum absolute atomic E-state index is 0.00546. The number of carbonyl (C=O) groups excluding carboxylic acids is 3. The molecule has 2 fully saturated rings. The van der Waals surface area contributed by atoms with Crippen molar-refractivity contribution in [2.24, 2.45) is 13.0 Å². The lowest BCUT2D eigenvalue weighted by Crippen LogP contribution is -2.51. The van der Waals surface area contributed by atoms with E-state index in [2.05, 4.69) is 25.6 Å². The predicted octanol–water partition coefficient (Wildman–Crippen LogP) is 3.15. The Morgan fingerprint density at radius 3 is 2.42 bits per heavy atom. The van der Waals surface area contributed by atoms with Gasteiger partial charge in [0.1, 0.15) is 0 Å². The summed E-state index contributed by atoms with van der Waals surface area (Å²) in [6.07, 6.45) is -1.08. The van der Waals surface area contributed by atoms with E-state index in [4.69, 9.17) is 11.6 Å². The summed E-state index contributed by atoms with van der Waals surface area (Å²) >= 11 is 6.44. The van der Waals surface area contributed by atoms with E-state index in [1.807, 2.05) is 0 Å². The Balaban J connectivity index is 1.24. The second-order valence-electron chi connectivity index (χ2n) is 11.2. The number of nitrogens with zero attached hydrogens (tertiary/aromatic N) is 7. The minimum atomic E-state index is -4.77. The molecule has 2 N–H and O–H groups in total. The van der Waals surface area contributed by atoms with Crippen LogP contribution < -0.4 is 15.5 Å². The molecule has 1 atom stereocenters. The van der Waals surface area contributed by atoms with Crippen molar-refractivity contribution in [1.29, 1.82) is 0 Å². The number of piperazine rings is 1. The number of hydrogen-bond acceptors (Lipinski definition) is 8. The summed E-state index contributed by atoms with van der Waals surface area (Å²) in [5.74, 6) is -0.816. The van der Waals surface area contributed by atoms with Crippen LogP contribution in [0.2, 0.25) is 5.02 Å². The molecule has 1 aromatic carbocycles. The summed E-state index contributed by atoms with van der Waals surface area (Å²) in [5.41, 5.74) is -0.986. The summed E-state index contributed by atoms with van der Waals surface area (Å²) in [6.45, 7) is 3.43. The number of hydrogen-bond donors (Lipinski definition) is 2. The highest BCUT2D eigenvalue weighted by atomic mass is 35.5. The lowest BCUT2D eigenvalue weighted by molar-refractivity contribution is -0.140. The number of imidazole rings is 1. The van der Waals surface area contributed by atoms with Crippen LogP contribution >= 0.6 is 11.6 Å². The van der Waals surface area contributed by atoms with E-state index in [9.17, 15) is 27.6 Å². The number of nitrogens with one attached hydrogen (secondary N) is 2. The summed E-state index contributed by atoms with van der Waals surface area (Å²) in [6, 6.07) is 4.42. The molecule has 0 spiro atoms. The number of amides is 3. The standard InChI is InChI=1S/C29H33ClF3N9O3/c1-39(2)28-36-15-20(24(38-28)29(31,32)33)22-16-35-25(40(22)3)26(44)37-18-4-5-19(21(30)13-18)27(45)42-10-8-41(9-11-42)23(43)12-17-6-7-34-14-17/h4-5,13,15-17,34H,6-12,14H2,1-3H3,(H,37,44)/t17-/m0/s1. The first-order valence-corrected chi connectivity index (χ1v) is 14.7. The Morgan fingerprint density at radius 2 is 1.80 bits per heavy atom. The van der Waals surface area contributed by atoms with Crippen molar-refractivity contribution in [3.63, 3.8) is 0 Å². The molecule has 0 unspecified atom stereocenters. The Hall–Kier alpha value is -4.24. The molecule has 16 heteroatoms. The number of carbonyl (C=O) groups is 3. The van der Waals surface area contributed by atoms with E-state index in [0.717, 1.165) is 31.9 Å². The number of alkyl halides is 3. The summed E-state index contributed by atoms with van der Waals surface area (Å²) in [7, 11) is 4.46. The smallest absolute Gasteiger partial charge is 0.347 e. The van der Waals surface area contributed by atoms with Gasteiger partial charge in [0.2, 0.25) is 11.9 Å². The van der Waals surface area contributed by atoms with Crippen LogP contribution in [0.4, 0.5) is 24.8 Å². The highest BCUT2D eigenvalue weighted by Crippen LogP contribution is 2.36. The topological polar surface area (TPSA) is 129 Å². The van der Waals surface area contributed by atoms with Crippen molar-refractivity contribution >= 4 is 41.0 Å². The molecule has 3 amide bonds. The van der Waals surface area contributed by atoms with Crippen molar-refractivity contribution in [2.45, 2.75) is 19.0 Å². The van der Waals surface area contributed by atoms with Crippen molar-refractivity contribution in [3.05, 3.63) is 52.7 Å². The van der Waals surface area contributed by atoms with Crippen LogP contribution in [0.3, 0.4) is 0 Å². The van der Waals surface area contributed by atoms with Crippen LogP contribution in [0, 0.1) is 5.92 Å². The Kier molecular flexibility index (Phi) is 9.30. The summed E-state index contributed by atoms with van der Waals surface area (Å²) < 4.78 is 42.8. The SMILES string of the molecule is CN(C)c1ncc(-c2cnc(C(=O)Nc3ccc(C(=O)N4CCN(C(=O)C[C@@H]5CCNC5)CC4)c(Cl)c3)n2C)c(C(F)(F)F)n1. The summed E-state index contributed by atoms with van der Waals surface area (Å²) in [5, 5.41) is 6.00. The number of benzene rings is 1. The maximum atomic E-state index is 13.9. The molecule has 0 aliphatic carbocycles. The highest BCUT2D eigenvalue weighted by Gasteiger charge is 2.38. The third-order valence-corrected chi connectivity index (χ3v) is 8.23. The molecule has 0 bridgehead atoms. The molecule has 0 radical (unpaired) electrons. The van der Waals surface area contributed by atoms with Gasteiger partial charge in [-0.2, -0.15) is 13.2 Å². The average molecular weight is 648 g/mol. The van der Waals surface area contributed by atoms with Gasteiger partial charge in [0, 0.05) is 71.2 Å². The van der Waals surface area contributed by atoms with E-state index in [1.165, 1.54) is 48.8 Å². The van der Waals surface area contributed by atoms with Crippen molar-refractivity contribution in [1.82, 2.24) is 34.6 Å². The maximum absolute atomic E-state index is 13.9. The van der Waals surface area contributed by atoms with E-state index in [0.29, 0.717) is 38.5 Å². The highest BCUT2D eigenvalue weighted by molar-refractivity contribution is 6.34. The molecule has 2 saturated heterocycles. The Morgan fingerprint density at radius 1 is 1.09 bits per heavy atom. The third kappa shape index (κ3) is 7.04. The van der Waals surface area contributed by atoms with Gasteiger partial charge in [-0.15, -0.1) is 0 Å². The fourth-order valence-corrected chi connectivity index (χ4v) is 5.67. The molecule has 0 saturated carbocycles. The van der Waals surface area contributed by atoms with Gasteiger partial charge >= 0.3 is 6.18 Å². The average Bonchev–Trinajstić information content (AvgIpc) is 3.65. The molecule has 2 aromatic heterocycles. The summed E-state index contributed by atoms with van der Waals surface area (Å²) in [4.78, 5) is 55.4. The van der Waals surface area contributed by atoms with Crippen LogP contribution in [0.5, 0.6) is 0 Å². The van der Waals surface area contributed by atoms with Crippen LogP contribution in [0.25, 0.3) is 11.3 Å². The quantitative estimate of drug-likeness (QED) is 0.400. The molecule has 2 aliphatic rings. The maximum Gasteiger partial charge on any atom is 0.434 e. The number of anilines is 2. The zero-order valence-electron chi connectivity index (χ0n) is 25.0. The predicted molar refractivity (Wildman–Crippen MR) is 161 cm³/mol. The molecule has 12 nitrogen and oxygen atoms in total. The van der Waals surface area contributed by atoms with Crippen LogP contribution in [0.1, 0.15) is 39.5 Å². The second kappa shape index (κ2) is 13.0.